The number of carbonyl (C=O) groups is 1. The Bertz CT molecular complexity index is 1170. The largest absolute Gasteiger partial charge is 0.461 e. The minimum atomic E-state index is -0.308. The number of fused-ring (bicyclic) bond motifs is 1. The third-order valence-electron chi connectivity index (χ3n) is 5.37. The van der Waals surface area contributed by atoms with Crippen molar-refractivity contribution in [2.24, 2.45) is 0 Å². The molecule has 4 rings (SSSR count). The van der Waals surface area contributed by atoms with Crippen molar-refractivity contribution in [3.05, 3.63) is 71.9 Å². The maximum Gasteiger partial charge on any atom is 0.338 e. The molecule has 164 valence electrons. The predicted molar refractivity (Wildman–Crippen MR) is 131 cm³/mol. The van der Waals surface area contributed by atoms with Crippen LogP contribution < -0.4 is 5.32 Å². The number of hydrogen-bond acceptors (Lipinski definition) is 7. The van der Waals surface area contributed by atoms with Crippen molar-refractivity contribution in [1.82, 2.24) is 14.9 Å². The molecule has 0 aliphatic rings. The van der Waals surface area contributed by atoms with E-state index in [1.807, 2.05) is 30.3 Å². The molecule has 2 aromatic carbocycles. The number of nitrogens with zero attached hydrogens (tertiary/aromatic N) is 3. The first-order valence-corrected chi connectivity index (χ1v) is 11.6. The number of ether oxygens (including phenoxy) is 1. The molecule has 0 amide bonds. The molecular formula is C25H26N4O2S. The summed E-state index contributed by atoms with van der Waals surface area (Å²) in [6.45, 7) is 7.22. The maximum atomic E-state index is 12.3. The molecule has 1 N–H and O–H groups in total. The molecule has 0 radical (unpaired) electrons. The Hall–Kier alpha value is -3.29. The predicted octanol–water partition coefficient (Wildman–Crippen LogP) is 5.60. The lowest BCUT2D eigenvalue weighted by atomic mass is 10.1. The molecule has 32 heavy (non-hydrogen) atoms. The summed E-state index contributed by atoms with van der Waals surface area (Å²) in [6.07, 6.45) is 1.57. The third kappa shape index (κ3) is 4.95. The van der Waals surface area contributed by atoms with Gasteiger partial charge in [-0.25, -0.2) is 14.8 Å². The van der Waals surface area contributed by atoms with E-state index in [9.17, 15) is 4.79 Å². The molecule has 2 heterocycles. The minimum Gasteiger partial charge on any atom is -0.461 e. The fourth-order valence-corrected chi connectivity index (χ4v) is 4.43. The molecule has 0 fully saturated rings. The van der Waals surface area contributed by atoms with Crippen molar-refractivity contribution in [3.63, 3.8) is 0 Å². The fraction of sp³-hybridized carbons (Fsp3) is 0.240. The van der Waals surface area contributed by atoms with Crippen molar-refractivity contribution < 1.29 is 9.53 Å². The smallest absolute Gasteiger partial charge is 0.338 e. The van der Waals surface area contributed by atoms with Gasteiger partial charge in [0.2, 0.25) is 0 Å². The molecule has 0 bridgehead atoms. The fourth-order valence-electron chi connectivity index (χ4n) is 3.52. The van der Waals surface area contributed by atoms with E-state index >= 15 is 0 Å². The monoisotopic (exact) mass is 446 g/mol. The molecule has 0 saturated heterocycles. The van der Waals surface area contributed by atoms with E-state index in [0.717, 1.165) is 52.5 Å². The highest BCUT2D eigenvalue weighted by Gasteiger charge is 2.14. The highest BCUT2D eigenvalue weighted by molar-refractivity contribution is 7.17. The summed E-state index contributed by atoms with van der Waals surface area (Å²) < 4.78 is 5.41. The van der Waals surface area contributed by atoms with Crippen molar-refractivity contribution in [1.29, 1.82) is 0 Å². The molecular weight excluding hydrogens is 420 g/mol. The van der Waals surface area contributed by atoms with E-state index in [1.165, 1.54) is 0 Å². The van der Waals surface area contributed by atoms with Crippen molar-refractivity contribution in [2.45, 2.75) is 13.8 Å². The Kier molecular flexibility index (Phi) is 7.09. The van der Waals surface area contributed by atoms with E-state index in [0.29, 0.717) is 12.2 Å². The van der Waals surface area contributed by atoms with Crippen LogP contribution in [-0.2, 0) is 4.74 Å². The first-order valence-electron chi connectivity index (χ1n) is 10.7. The maximum absolute atomic E-state index is 12.3. The Balaban J connectivity index is 1.48. The van der Waals surface area contributed by atoms with Gasteiger partial charge in [-0.3, -0.25) is 0 Å². The van der Waals surface area contributed by atoms with Gasteiger partial charge in [0, 0.05) is 23.2 Å². The van der Waals surface area contributed by atoms with E-state index in [2.05, 4.69) is 51.5 Å². The summed E-state index contributed by atoms with van der Waals surface area (Å²) in [4.78, 5) is 24.4. The zero-order valence-electron chi connectivity index (χ0n) is 18.2. The molecule has 0 spiro atoms. The lowest BCUT2D eigenvalue weighted by Gasteiger charge is -2.17. The van der Waals surface area contributed by atoms with Crippen LogP contribution >= 0.6 is 11.3 Å². The van der Waals surface area contributed by atoms with Crippen LogP contribution in [-0.4, -0.2) is 47.1 Å². The summed E-state index contributed by atoms with van der Waals surface area (Å²) in [6, 6.07) is 17.5. The number of esters is 1. The first-order chi connectivity index (χ1) is 15.7. The Labute approximate surface area is 191 Å². The number of rotatable bonds is 9. The molecule has 4 aromatic rings. The zero-order chi connectivity index (χ0) is 22.3. The number of anilines is 2. The van der Waals surface area contributed by atoms with Gasteiger partial charge in [-0.2, -0.15) is 0 Å². The number of hydrogen-bond donors (Lipinski definition) is 1. The van der Waals surface area contributed by atoms with Gasteiger partial charge in [0.1, 0.15) is 23.6 Å². The Morgan fingerprint density at radius 1 is 1.03 bits per heavy atom. The normalized spacial score (nSPS) is 11.1. The zero-order valence-corrected chi connectivity index (χ0v) is 19.1. The number of thiophene rings is 1. The second-order valence-electron chi connectivity index (χ2n) is 7.28. The van der Waals surface area contributed by atoms with Crippen LogP contribution in [0.2, 0.25) is 0 Å². The van der Waals surface area contributed by atoms with Gasteiger partial charge < -0.3 is 15.0 Å². The summed E-state index contributed by atoms with van der Waals surface area (Å²) >= 11 is 1.60. The minimum absolute atomic E-state index is 0.308. The van der Waals surface area contributed by atoms with Crippen LogP contribution in [0.3, 0.4) is 0 Å². The van der Waals surface area contributed by atoms with Crippen LogP contribution in [0.25, 0.3) is 21.3 Å². The van der Waals surface area contributed by atoms with Gasteiger partial charge in [0.05, 0.1) is 10.9 Å². The highest BCUT2D eigenvalue weighted by atomic mass is 32.1. The van der Waals surface area contributed by atoms with Crippen molar-refractivity contribution >= 4 is 39.0 Å². The SMILES string of the molecule is CCN(CC)CCOC(=O)c1ccc(Nc2ncnc3scc(-c4ccccc4)c23)cc1. The molecule has 2 aromatic heterocycles. The van der Waals surface area contributed by atoms with E-state index in [4.69, 9.17) is 4.74 Å². The second-order valence-corrected chi connectivity index (χ2v) is 8.14. The van der Waals surface area contributed by atoms with Crippen molar-refractivity contribution in [3.8, 4) is 11.1 Å². The molecule has 0 atom stereocenters. The molecule has 0 unspecified atom stereocenters. The highest BCUT2D eigenvalue weighted by Crippen LogP contribution is 2.37. The third-order valence-corrected chi connectivity index (χ3v) is 6.26. The Morgan fingerprint density at radius 2 is 1.78 bits per heavy atom. The van der Waals surface area contributed by atoms with Crippen LogP contribution in [0.4, 0.5) is 11.5 Å². The quantitative estimate of drug-likeness (QED) is 0.338. The summed E-state index contributed by atoms with van der Waals surface area (Å²) in [5.41, 5.74) is 3.60. The standard InChI is InChI=1S/C25H26N4O2S/c1-3-29(4-2)14-15-31-25(30)19-10-12-20(13-11-19)28-23-22-21(18-8-6-5-7-9-18)16-32-24(22)27-17-26-23/h5-13,16-17H,3-4,14-15H2,1-2H3,(H,26,27,28). The number of aromatic nitrogens is 2. The lowest BCUT2D eigenvalue weighted by Crippen LogP contribution is -2.27. The number of carbonyl (C=O) groups excluding carboxylic acids is 1. The van der Waals surface area contributed by atoms with Crippen molar-refractivity contribution in [2.75, 3.05) is 31.6 Å². The van der Waals surface area contributed by atoms with Gasteiger partial charge in [0.25, 0.3) is 0 Å². The van der Waals surface area contributed by atoms with Crippen LogP contribution in [0.1, 0.15) is 24.2 Å². The summed E-state index contributed by atoms with van der Waals surface area (Å²) in [5.74, 6) is 0.432. The van der Waals surface area contributed by atoms with Gasteiger partial charge >= 0.3 is 5.97 Å². The topological polar surface area (TPSA) is 67.3 Å². The van der Waals surface area contributed by atoms with E-state index < -0.39 is 0 Å². The number of nitrogens with one attached hydrogen (secondary N) is 1. The molecule has 0 saturated carbocycles. The van der Waals surface area contributed by atoms with Crippen LogP contribution in [0.15, 0.2) is 66.3 Å². The molecule has 7 heteroatoms. The lowest BCUT2D eigenvalue weighted by molar-refractivity contribution is 0.0466. The van der Waals surface area contributed by atoms with E-state index in [1.54, 1.807) is 29.8 Å². The van der Waals surface area contributed by atoms with Gasteiger partial charge in [0.15, 0.2) is 0 Å². The van der Waals surface area contributed by atoms with E-state index in [-0.39, 0.29) is 5.97 Å². The summed E-state index contributed by atoms with van der Waals surface area (Å²) in [5, 5.41) is 6.48. The molecule has 6 nitrogen and oxygen atoms in total. The molecule has 0 aliphatic heterocycles. The van der Waals surface area contributed by atoms with Gasteiger partial charge in [-0.15, -0.1) is 11.3 Å². The second kappa shape index (κ2) is 10.3. The van der Waals surface area contributed by atoms with Gasteiger partial charge in [-0.1, -0.05) is 44.2 Å². The summed E-state index contributed by atoms with van der Waals surface area (Å²) in [7, 11) is 0. The number of benzene rings is 2. The number of likely N-dealkylation sites (N-methyl/N-ethyl adjacent to an activating group) is 1. The molecule has 0 aliphatic carbocycles. The average molecular weight is 447 g/mol. The first kappa shape index (κ1) is 21.9. The van der Waals surface area contributed by atoms with Crippen LogP contribution in [0, 0.1) is 0 Å². The van der Waals surface area contributed by atoms with Crippen LogP contribution in [0.5, 0.6) is 0 Å². The average Bonchev–Trinajstić information content (AvgIpc) is 3.28. The van der Waals surface area contributed by atoms with Gasteiger partial charge in [-0.05, 0) is 42.9 Å². The Morgan fingerprint density at radius 3 is 2.50 bits per heavy atom.